The molecular weight excluding hydrogens is 207 g/mol. The Morgan fingerprint density at radius 3 is 2.69 bits per heavy atom. The van der Waals surface area contributed by atoms with Crippen molar-refractivity contribution < 1.29 is 9.50 Å². The highest BCUT2D eigenvalue weighted by atomic mass is 19.1. The van der Waals surface area contributed by atoms with Gasteiger partial charge in [0.2, 0.25) is 0 Å². The van der Waals surface area contributed by atoms with E-state index in [1.54, 1.807) is 36.8 Å². The monoisotopic (exact) mass is 218 g/mol. The van der Waals surface area contributed by atoms with Gasteiger partial charge >= 0.3 is 0 Å². The van der Waals surface area contributed by atoms with E-state index < -0.39 is 5.83 Å². The van der Waals surface area contributed by atoms with E-state index in [0.717, 1.165) is 11.8 Å². The number of hydrogen-bond donors (Lipinski definition) is 1. The summed E-state index contributed by atoms with van der Waals surface area (Å²) in [5.41, 5.74) is 1.37. The van der Waals surface area contributed by atoms with Gasteiger partial charge in [-0.2, -0.15) is 0 Å². The summed E-state index contributed by atoms with van der Waals surface area (Å²) in [5.74, 6) is -0.417. The lowest BCUT2D eigenvalue weighted by Gasteiger charge is -2.03. The summed E-state index contributed by atoms with van der Waals surface area (Å²) in [6.07, 6.45) is 6.30. The van der Waals surface area contributed by atoms with Crippen LogP contribution in [0.15, 0.2) is 49.1 Å². The summed E-state index contributed by atoms with van der Waals surface area (Å²) in [6.45, 7) is -0.297. The summed E-state index contributed by atoms with van der Waals surface area (Å²) in [6, 6.07) is 6.91. The van der Waals surface area contributed by atoms with Crippen LogP contribution in [0.1, 0.15) is 5.56 Å². The fourth-order valence-electron chi connectivity index (χ4n) is 1.40. The average molecular weight is 218 g/mol. The number of halogens is 1. The zero-order valence-electron chi connectivity index (χ0n) is 8.55. The van der Waals surface area contributed by atoms with Crippen molar-refractivity contribution in [2.45, 2.75) is 0 Å². The van der Waals surface area contributed by atoms with Crippen molar-refractivity contribution in [3.8, 4) is 5.69 Å². The summed E-state index contributed by atoms with van der Waals surface area (Å²) >= 11 is 0. The standard InChI is InChI=1S/C12H11FN2O/c13-12(5-8-16)10-1-3-11(4-2-10)15-7-6-14-9-15/h1-7,9,16H,8H2. The maximum Gasteiger partial charge on any atom is 0.128 e. The number of hydrogen-bond acceptors (Lipinski definition) is 2. The van der Waals surface area contributed by atoms with Crippen molar-refractivity contribution >= 4 is 5.83 Å². The summed E-state index contributed by atoms with van der Waals surface area (Å²) in [4.78, 5) is 3.93. The van der Waals surface area contributed by atoms with E-state index in [0.29, 0.717) is 5.56 Å². The number of nitrogens with zero attached hydrogens (tertiary/aromatic N) is 2. The van der Waals surface area contributed by atoms with Crippen LogP contribution in [0.5, 0.6) is 0 Å². The smallest absolute Gasteiger partial charge is 0.128 e. The maximum atomic E-state index is 13.3. The van der Waals surface area contributed by atoms with Crippen LogP contribution < -0.4 is 0 Å². The molecule has 0 atom stereocenters. The molecule has 1 aromatic carbocycles. The molecule has 1 heterocycles. The normalized spacial score (nSPS) is 11.8. The summed E-state index contributed by atoms with van der Waals surface area (Å²) in [7, 11) is 0. The fourth-order valence-corrected chi connectivity index (χ4v) is 1.40. The van der Waals surface area contributed by atoms with Crippen LogP contribution in [0.2, 0.25) is 0 Å². The van der Waals surface area contributed by atoms with Crippen LogP contribution in [-0.2, 0) is 0 Å². The second-order valence-electron chi connectivity index (χ2n) is 3.25. The number of aromatic nitrogens is 2. The number of benzene rings is 1. The lowest BCUT2D eigenvalue weighted by atomic mass is 10.2. The zero-order valence-corrected chi connectivity index (χ0v) is 8.55. The lowest BCUT2D eigenvalue weighted by Crippen LogP contribution is -1.90. The third-order valence-electron chi connectivity index (χ3n) is 2.22. The Kier molecular flexibility index (Phi) is 3.12. The number of aliphatic hydroxyl groups excluding tert-OH is 1. The van der Waals surface area contributed by atoms with Crippen molar-refractivity contribution in [3.05, 3.63) is 54.6 Å². The van der Waals surface area contributed by atoms with Gasteiger partial charge in [-0.25, -0.2) is 9.37 Å². The molecule has 2 rings (SSSR count). The molecule has 0 aliphatic rings. The van der Waals surface area contributed by atoms with Crippen LogP contribution >= 0.6 is 0 Å². The molecular formula is C12H11FN2O. The molecule has 0 unspecified atom stereocenters. The first-order valence-corrected chi connectivity index (χ1v) is 4.86. The molecule has 0 amide bonds. The Morgan fingerprint density at radius 2 is 2.12 bits per heavy atom. The van der Waals surface area contributed by atoms with Crippen molar-refractivity contribution in [2.75, 3.05) is 6.61 Å². The molecule has 0 saturated carbocycles. The molecule has 1 aromatic heterocycles. The number of imidazole rings is 1. The molecule has 4 heteroatoms. The molecule has 0 spiro atoms. The molecule has 3 nitrogen and oxygen atoms in total. The van der Waals surface area contributed by atoms with Crippen LogP contribution in [0, 0.1) is 0 Å². The van der Waals surface area contributed by atoms with E-state index in [9.17, 15) is 4.39 Å². The van der Waals surface area contributed by atoms with Crippen LogP contribution in [0.25, 0.3) is 11.5 Å². The van der Waals surface area contributed by atoms with Crippen molar-refractivity contribution in [1.29, 1.82) is 0 Å². The van der Waals surface area contributed by atoms with Crippen molar-refractivity contribution in [1.82, 2.24) is 9.55 Å². The predicted molar refractivity (Wildman–Crippen MR) is 59.7 cm³/mol. The van der Waals surface area contributed by atoms with Gasteiger partial charge < -0.3 is 9.67 Å². The number of rotatable bonds is 3. The molecule has 0 aliphatic carbocycles. The summed E-state index contributed by atoms with van der Waals surface area (Å²) in [5, 5.41) is 8.57. The molecule has 0 saturated heterocycles. The average Bonchev–Trinajstić information content (AvgIpc) is 2.83. The highest BCUT2D eigenvalue weighted by molar-refractivity contribution is 5.60. The van der Waals surface area contributed by atoms with E-state index in [-0.39, 0.29) is 6.61 Å². The topological polar surface area (TPSA) is 38.0 Å². The minimum absolute atomic E-state index is 0.297. The molecule has 16 heavy (non-hydrogen) atoms. The van der Waals surface area contributed by atoms with Gasteiger partial charge in [0.15, 0.2) is 0 Å². The molecule has 1 N–H and O–H groups in total. The summed E-state index contributed by atoms with van der Waals surface area (Å²) < 4.78 is 15.1. The third-order valence-corrected chi connectivity index (χ3v) is 2.22. The van der Waals surface area contributed by atoms with Crippen molar-refractivity contribution in [2.24, 2.45) is 0 Å². The van der Waals surface area contributed by atoms with Gasteiger partial charge in [-0.3, -0.25) is 0 Å². The highest BCUT2D eigenvalue weighted by Gasteiger charge is 2.00. The first kappa shape index (κ1) is 10.6. The predicted octanol–water partition coefficient (Wildman–Crippen LogP) is 2.17. The molecule has 0 aliphatic heterocycles. The van der Waals surface area contributed by atoms with Gasteiger partial charge in [0, 0.05) is 23.6 Å². The third kappa shape index (κ3) is 2.17. The van der Waals surface area contributed by atoms with Crippen molar-refractivity contribution in [3.63, 3.8) is 0 Å². The van der Waals surface area contributed by atoms with Gasteiger partial charge in [0.1, 0.15) is 5.83 Å². The van der Waals surface area contributed by atoms with E-state index in [4.69, 9.17) is 5.11 Å². The zero-order chi connectivity index (χ0) is 11.4. The Labute approximate surface area is 92.5 Å². The molecule has 0 fully saturated rings. The first-order chi connectivity index (χ1) is 7.81. The lowest BCUT2D eigenvalue weighted by molar-refractivity contribution is 0.342. The first-order valence-electron chi connectivity index (χ1n) is 4.86. The SMILES string of the molecule is OCC=C(F)c1ccc(-n2ccnc2)cc1. The van der Waals surface area contributed by atoms with Gasteiger partial charge in [-0.15, -0.1) is 0 Å². The second kappa shape index (κ2) is 4.72. The molecule has 0 bridgehead atoms. The van der Waals surface area contributed by atoms with Crippen LogP contribution in [0.3, 0.4) is 0 Å². The number of aliphatic hydroxyl groups is 1. The maximum absolute atomic E-state index is 13.3. The van der Waals surface area contributed by atoms with Crippen LogP contribution in [-0.4, -0.2) is 21.3 Å². The highest BCUT2D eigenvalue weighted by Crippen LogP contribution is 2.17. The van der Waals surface area contributed by atoms with E-state index >= 15 is 0 Å². The molecule has 2 aromatic rings. The largest absolute Gasteiger partial charge is 0.392 e. The van der Waals surface area contributed by atoms with E-state index in [1.807, 2.05) is 10.8 Å². The quantitative estimate of drug-likeness (QED) is 0.857. The van der Waals surface area contributed by atoms with Gasteiger partial charge in [-0.1, -0.05) is 0 Å². The molecule has 82 valence electrons. The second-order valence-corrected chi connectivity index (χ2v) is 3.25. The minimum Gasteiger partial charge on any atom is -0.392 e. The Balaban J connectivity index is 2.26. The van der Waals surface area contributed by atoms with E-state index in [2.05, 4.69) is 4.98 Å². The fraction of sp³-hybridized carbons (Fsp3) is 0.0833. The minimum atomic E-state index is -0.417. The van der Waals surface area contributed by atoms with Gasteiger partial charge in [-0.05, 0) is 30.3 Å². The van der Waals surface area contributed by atoms with Gasteiger partial charge in [0.25, 0.3) is 0 Å². The molecule has 0 radical (unpaired) electrons. The Morgan fingerprint density at radius 1 is 1.38 bits per heavy atom. The van der Waals surface area contributed by atoms with E-state index in [1.165, 1.54) is 0 Å². The Bertz CT molecular complexity index is 474. The van der Waals surface area contributed by atoms with Gasteiger partial charge in [0.05, 0.1) is 12.9 Å². The Hall–Kier alpha value is -1.94. The van der Waals surface area contributed by atoms with Crippen LogP contribution in [0.4, 0.5) is 4.39 Å².